The highest BCUT2D eigenvalue weighted by Crippen LogP contribution is 2.40. The lowest BCUT2D eigenvalue weighted by atomic mass is 9.91. The molecule has 8 aromatic rings. The van der Waals surface area contributed by atoms with E-state index < -0.39 is 0 Å². The minimum atomic E-state index is 0.444. The Kier molecular flexibility index (Phi) is 5.22. The van der Waals surface area contributed by atoms with Crippen molar-refractivity contribution in [2.75, 3.05) is 0 Å². The summed E-state index contributed by atoms with van der Waals surface area (Å²) < 4.78 is 12.6. The Morgan fingerprint density at radius 3 is 1.71 bits per heavy atom. The van der Waals surface area contributed by atoms with E-state index in [0.717, 1.165) is 77.3 Å². The summed E-state index contributed by atoms with van der Waals surface area (Å²) in [4.78, 5) is 0. The third-order valence-corrected chi connectivity index (χ3v) is 7.88. The smallest absolute Gasteiger partial charge is 0.143 e. The van der Waals surface area contributed by atoms with Gasteiger partial charge in [0.2, 0.25) is 0 Å². The number of benzene rings is 6. The van der Waals surface area contributed by atoms with Crippen LogP contribution in [-0.4, -0.2) is 0 Å². The van der Waals surface area contributed by atoms with Crippen LogP contribution in [0.3, 0.4) is 0 Å². The van der Waals surface area contributed by atoms with Gasteiger partial charge in [0.1, 0.15) is 22.3 Å². The third kappa shape index (κ3) is 3.75. The SMILES string of the molecule is N#Cc1cc(C#N)cc(-c2cc(-c3ccc4c(c3)oc3ccccc34)cc(-c3cccc4c3oc3ccccc34)c2)c1. The fraction of sp³-hybridized carbons (Fsp3) is 0. The van der Waals surface area contributed by atoms with Gasteiger partial charge < -0.3 is 8.83 Å². The fourth-order valence-corrected chi connectivity index (χ4v) is 5.92. The lowest BCUT2D eigenvalue weighted by molar-refractivity contribution is 0.669. The summed E-state index contributed by atoms with van der Waals surface area (Å²) in [5.74, 6) is 0. The van der Waals surface area contributed by atoms with Crippen molar-refractivity contribution in [1.82, 2.24) is 0 Å². The maximum atomic E-state index is 9.66. The number of hydrogen-bond donors (Lipinski definition) is 0. The number of para-hydroxylation sites is 3. The van der Waals surface area contributed by atoms with E-state index in [4.69, 9.17) is 8.83 Å². The zero-order valence-electron chi connectivity index (χ0n) is 22.3. The van der Waals surface area contributed by atoms with E-state index in [2.05, 4.69) is 78.9 Å². The minimum Gasteiger partial charge on any atom is -0.456 e. The third-order valence-electron chi connectivity index (χ3n) is 7.88. The molecular weight excluding hydrogens is 516 g/mol. The molecule has 2 aromatic heterocycles. The van der Waals surface area contributed by atoms with Gasteiger partial charge in [-0.25, -0.2) is 0 Å². The predicted octanol–water partition coefficient (Wildman–Crippen LogP) is 10.2. The topological polar surface area (TPSA) is 73.9 Å². The van der Waals surface area contributed by atoms with Gasteiger partial charge in [0.15, 0.2) is 0 Å². The van der Waals surface area contributed by atoms with Gasteiger partial charge in [0, 0.05) is 27.1 Å². The molecule has 6 aromatic carbocycles. The van der Waals surface area contributed by atoms with Crippen molar-refractivity contribution in [2.24, 2.45) is 0 Å². The number of rotatable bonds is 3. The minimum absolute atomic E-state index is 0.444. The normalized spacial score (nSPS) is 11.3. The van der Waals surface area contributed by atoms with Crippen LogP contribution in [-0.2, 0) is 0 Å². The molecule has 0 unspecified atom stereocenters. The molecule has 42 heavy (non-hydrogen) atoms. The zero-order valence-corrected chi connectivity index (χ0v) is 22.3. The maximum absolute atomic E-state index is 9.66. The van der Waals surface area contributed by atoms with E-state index in [1.54, 1.807) is 6.07 Å². The van der Waals surface area contributed by atoms with Crippen molar-refractivity contribution in [2.45, 2.75) is 0 Å². The van der Waals surface area contributed by atoms with Crippen molar-refractivity contribution >= 4 is 43.9 Å². The molecule has 0 bridgehead atoms. The second kappa shape index (κ2) is 9.24. The van der Waals surface area contributed by atoms with Gasteiger partial charge in [0.25, 0.3) is 0 Å². The molecule has 2 heterocycles. The van der Waals surface area contributed by atoms with Crippen LogP contribution in [0.1, 0.15) is 11.1 Å². The number of fused-ring (bicyclic) bond motifs is 6. The molecular formula is C38H20N2O2. The van der Waals surface area contributed by atoms with Crippen LogP contribution in [0.15, 0.2) is 130 Å². The van der Waals surface area contributed by atoms with E-state index >= 15 is 0 Å². The molecule has 8 rings (SSSR count). The van der Waals surface area contributed by atoms with E-state index in [1.165, 1.54) is 0 Å². The summed E-state index contributed by atoms with van der Waals surface area (Å²) in [7, 11) is 0. The molecule has 0 aliphatic rings. The van der Waals surface area contributed by atoms with Crippen molar-refractivity contribution in [3.8, 4) is 45.5 Å². The molecule has 0 atom stereocenters. The molecule has 0 amide bonds. The standard InChI is InChI=1S/C38H20N2O2/c39-21-23-14-24(22-40)16-26(15-23)28-17-27(25-12-13-33-31-6-1-3-10-35(31)41-37(33)20-25)18-29(19-28)30-8-5-9-34-32-7-2-4-11-36(32)42-38(30)34/h1-20H. The van der Waals surface area contributed by atoms with Crippen LogP contribution in [0.25, 0.3) is 77.3 Å². The van der Waals surface area contributed by atoms with E-state index in [1.807, 2.05) is 48.5 Å². The van der Waals surface area contributed by atoms with E-state index in [9.17, 15) is 10.5 Å². The summed E-state index contributed by atoms with van der Waals surface area (Å²) in [6.45, 7) is 0. The van der Waals surface area contributed by atoms with Gasteiger partial charge >= 0.3 is 0 Å². The molecule has 0 radical (unpaired) electrons. The Morgan fingerprint density at radius 1 is 0.405 bits per heavy atom. The molecule has 0 spiro atoms. The van der Waals surface area contributed by atoms with Crippen LogP contribution < -0.4 is 0 Å². The molecule has 4 heteroatoms. The fourth-order valence-electron chi connectivity index (χ4n) is 5.92. The molecule has 0 saturated heterocycles. The van der Waals surface area contributed by atoms with Crippen LogP contribution >= 0.6 is 0 Å². The molecule has 194 valence electrons. The average Bonchev–Trinajstić information content (AvgIpc) is 3.62. The van der Waals surface area contributed by atoms with Crippen molar-refractivity contribution in [3.63, 3.8) is 0 Å². The number of furan rings is 2. The first-order valence-electron chi connectivity index (χ1n) is 13.6. The van der Waals surface area contributed by atoms with Gasteiger partial charge in [0.05, 0.1) is 23.3 Å². The van der Waals surface area contributed by atoms with Gasteiger partial charge in [-0.05, 0) is 88.5 Å². The molecule has 4 nitrogen and oxygen atoms in total. The largest absolute Gasteiger partial charge is 0.456 e. The van der Waals surface area contributed by atoms with Crippen LogP contribution in [0.2, 0.25) is 0 Å². The van der Waals surface area contributed by atoms with E-state index in [-0.39, 0.29) is 0 Å². The summed E-state index contributed by atoms with van der Waals surface area (Å²) in [6.07, 6.45) is 0. The molecule has 0 aliphatic heterocycles. The quantitative estimate of drug-likeness (QED) is 0.225. The van der Waals surface area contributed by atoms with E-state index in [0.29, 0.717) is 11.1 Å². The van der Waals surface area contributed by atoms with Crippen molar-refractivity contribution in [3.05, 3.63) is 132 Å². The Balaban J connectivity index is 1.39. The zero-order chi connectivity index (χ0) is 28.2. The monoisotopic (exact) mass is 536 g/mol. The number of hydrogen-bond acceptors (Lipinski definition) is 4. The van der Waals surface area contributed by atoms with Crippen molar-refractivity contribution in [1.29, 1.82) is 10.5 Å². The first kappa shape index (κ1) is 23.8. The van der Waals surface area contributed by atoms with Crippen LogP contribution in [0.5, 0.6) is 0 Å². The van der Waals surface area contributed by atoms with Crippen LogP contribution in [0.4, 0.5) is 0 Å². The Hall–Kier alpha value is -6.10. The molecule has 0 fully saturated rings. The first-order valence-corrected chi connectivity index (χ1v) is 13.6. The average molecular weight is 537 g/mol. The highest BCUT2D eigenvalue weighted by molar-refractivity contribution is 6.10. The van der Waals surface area contributed by atoms with Crippen molar-refractivity contribution < 1.29 is 8.83 Å². The summed E-state index contributed by atoms with van der Waals surface area (Å²) in [5.41, 5.74) is 9.84. The van der Waals surface area contributed by atoms with Gasteiger partial charge in [-0.1, -0.05) is 60.7 Å². The number of nitrogens with zero attached hydrogens (tertiary/aromatic N) is 2. The predicted molar refractivity (Wildman–Crippen MR) is 167 cm³/mol. The van der Waals surface area contributed by atoms with Gasteiger partial charge in [-0.2, -0.15) is 10.5 Å². The lowest BCUT2D eigenvalue weighted by Crippen LogP contribution is -1.89. The summed E-state index contributed by atoms with van der Waals surface area (Å²) in [6, 6.07) is 44.6. The molecule has 0 aliphatic carbocycles. The maximum Gasteiger partial charge on any atom is 0.143 e. The summed E-state index contributed by atoms with van der Waals surface area (Å²) >= 11 is 0. The lowest BCUT2D eigenvalue weighted by Gasteiger charge is -2.12. The summed E-state index contributed by atoms with van der Waals surface area (Å²) in [5, 5.41) is 23.6. The molecule has 0 N–H and O–H groups in total. The Morgan fingerprint density at radius 2 is 0.976 bits per heavy atom. The second-order valence-electron chi connectivity index (χ2n) is 10.4. The first-order chi connectivity index (χ1) is 20.7. The highest BCUT2D eigenvalue weighted by Gasteiger charge is 2.16. The Bertz CT molecular complexity index is 2410. The molecule has 0 saturated carbocycles. The second-order valence-corrected chi connectivity index (χ2v) is 10.4. The van der Waals surface area contributed by atoms with Gasteiger partial charge in [-0.15, -0.1) is 0 Å². The van der Waals surface area contributed by atoms with Gasteiger partial charge in [-0.3, -0.25) is 0 Å². The highest BCUT2D eigenvalue weighted by atomic mass is 16.3. The van der Waals surface area contributed by atoms with Crippen LogP contribution in [0, 0.1) is 22.7 Å². The Labute approximate surface area is 240 Å². The number of nitriles is 2.